The normalized spacial score (nSPS) is 9.83. The van der Waals surface area contributed by atoms with Crippen LogP contribution in [0, 0.1) is 25.2 Å². The number of rotatable bonds is 2. The van der Waals surface area contributed by atoms with Gasteiger partial charge in [-0.25, -0.2) is 0 Å². The predicted octanol–water partition coefficient (Wildman–Crippen LogP) is 3.50. The van der Waals surface area contributed by atoms with Crippen LogP contribution in [-0.4, -0.2) is 0 Å². The van der Waals surface area contributed by atoms with Crippen LogP contribution in [0.25, 0.3) is 0 Å². The van der Waals surface area contributed by atoms with Crippen molar-refractivity contribution in [1.82, 2.24) is 0 Å². The van der Waals surface area contributed by atoms with E-state index < -0.39 is 0 Å². The largest absolute Gasteiger partial charge is 0.399 e. The van der Waals surface area contributed by atoms with Crippen LogP contribution < -0.4 is 11.1 Å². The summed E-state index contributed by atoms with van der Waals surface area (Å²) < 4.78 is 0. The minimum atomic E-state index is 0.552. The molecular weight excluding hydrogens is 222 g/mol. The number of hydrogen-bond acceptors (Lipinski definition) is 3. The molecule has 90 valence electrons. The maximum absolute atomic E-state index is 9.10. The van der Waals surface area contributed by atoms with Gasteiger partial charge in [0.05, 0.1) is 11.3 Å². The van der Waals surface area contributed by atoms with Crippen LogP contribution in [0.2, 0.25) is 0 Å². The van der Waals surface area contributed by atoms with E-state index in [2.05, 4.69) is 29.6 Å². The van der Waals surface area contributed by atoms with Crippen molar-refractivity contribution >= 4 is 17.1 Å². The Bertz CT molecular complexity index is 624. The molecular formula is C15H15N3. The third-order valence-electron chi connectivity index (χ3n) is 2.83. The van der Waals surface area contributed by atoms with Gasteiger partial charge in [0, 0.05) is 11.4 Å². The van der Waals surface area contributed by atoms with Gasteiger partial charge in [0.1, 0.15) is 6.07 Å². The Morgan fingerprint density at radius 2 is 1.83 bits per heavy atom. The molecule has 0 aliphatic heterocycles. The molecule has 0 saturated heterocycles. The highest BCUT2D eigenvalue weighted by atomic mass is 14.9. The van der Waals surface area contributed by atoms with Gasteiger partial charge in [-0.3, -0.25) is 0 Å². The zero-order chi connectivity index (χ0) is 13.1. The van der Waals surface area contributed by atoms with E-state index in [0.29, 0.717) is 11.3 Å². The van der Waals surface area contributed by atoms with Crippen molar-refractivity contribution in [3.05, 3.63) is 53.1 Å². The van der Waals surface area contributed by atoms with Gasteiger partial charge in [0.2, 0.25) is 0 Å². The van der Waals surface area contributed by atoms with Crippen molar-refractivity contribution in [1.29, 1.82) is 5.26 Å². The van der Waals surface area contributed by atoms with E-state index in [1.807, 2.05) is 19.9 Å². The fourth-order valence-corrected chi connectivity index (χ4v) is 1.78. The molecule has 0 aliphatic rings. The van der Waals surface area contributed by atoms with Crippen LogP contribution in [0.3, 0.4) is 0 Å². The number of hydrogen-bond donors (Lipinski definition) is 2. The predicted molar refractivity (Wildman–Crippen MR) is 74.8 cm³/mol. The number of nitrogens with one attached hydrogen (secondary N) is 1. The van der Waals surface area contributed by atoms with E-state index in [-0.39, 0.29) is 0 Å². The fraction of sp³-hybridized carbons (Fsp3) is 0.133. The van der Waals surface area contributed by atoms with Crippen LogP contribution in [0.5, 0.6) is 0 Å². The highest BCUT2D eigenvalue weighted by Crippen LogP contribution is 2.25. The summed E-state index contributed by atoms with van der Waals surface area (Å²) in [4.78, 5) is 0. The number of nitriles is 1. The van der Waals surface area contributed by atoms with Crippen molar-refractivity contribution in [2.75, 3.05) is 11.1 Å². The molecule has 2 aromatic carbocycles. The third-order valence-corrected chi connectivity index (χ3v) is 2.83. The first kappa shape index (κ1) is 12.0. The number of anilines is 3. The molecule has 0 unspecified atom stereocenters. The van der Waals surface area contributed by atoms with Crippen LogP contribution in [0.1, 0.15) is 16.7 Å². The SMILES string of the molecule is Cc1ccc(C)c(Nc2ccc(N)cc2C#N)c1. The summed E-state index contributed by atoms with van der Waals surface area (Å²) in [5.74, 6) is 0. The zero-order valence-electron chi connectivity index (χ0n) is 10.5. The summed E-state index contributed by atoms with van der Waals surface area (Å²) in [7, 11) is 0. The number of nitrogens with zero attached hydrogens (tertiary/aromatic N) is 1. The molecule has 3 heteroatoms. The van der Waals surface area contributed by atoms with Gasteiger partial charge < -0.3 is 11.1 Å². The van der Waals surface area contributed by atoms with Gasteiger partial charge in [-0.2, -0.15) is 5.26 Å². The number of aryl methyl sites for hydroxylation is 2. The summed E-state index contributed by atoms with van der Waals surface area (Å²) in [5, 5.41) is 12.4. The topological polar surface area (TPSA) is 61.8 Å². The first-order valence-electron chi connectivity index (χ1n) is 5.74. The van der Waals surface area contributed by atoms with Crippen LogP contribution in [0.15, 0.2) is 36.4 Å². The lowest BCUT2D eigenvalue weighted by Crippen LogP contribution is -1.97. The number of nitrogen functional groups attached to an aromatic ring is 1. The molecule has 0 amide bonds. The minimum absolute atomic E-state index is 0.552. The van der Waals surface area contributed by atoms with Crippen molar-refractivity contribution in [2.45, 2.75) is 13.8 Å². The Labute approximate surface area is 107 Å². The van der Waals surface area contributed by atoms with Crippen molar-refractivity contribution in [3.63, 3.8) is 0 Å². The molecule has 0 saturated carbocycles. The highest BCUT2D eigenvalue weighted by molar-refractivity contribution is 5.71. The first-order chi connectivity index (χ1) is 8.60. The average molecular weight is 237 g/mol. The summed E-state index contributed by atoms with van der Waals surface area (Å²) in [6.07, 6.45) is 0. The Hall–Kier alpha value is -2.47. The monoisotopic (exact) mass is 237 g/mol. The lowest BCUT2D eigenvalue weighted by molar-refractivity contribution is 1.37. The molecule has 0 atom stereocenters. The van der Waals surface area contributed by atoms with Crippen LogP contribution >= 0.6 is 0 Å². The summed E-state index contributed by atoms with van der Waals surface area (Å²) in [6.45, 7) is 4.07. The quantitative estimate of drug-likeness (QED) is 0.786. The van der Waals surface area contributed by atoms with Crippen LogP contribution in [-0.2, 0) is 0 Å². The molecule has 0 aromatic heterocycles. The van der Waals surface area contributed by atoms with Gasteiger partial charge in [-0.15, -0.1) is 0 Å². The second-order valence-electron chi connectivity index (χ2n) is 4.36. The van der Waals surface area contributed by atoms with Gasteiger partial charge >= 0.3 is 0 Å². The summed E-state index contributed by atoms with van der Waals surface area (Å²) >= 11 is 0. The van der Waals surface area contributed by atoms with E-state index >= 15 is 0 Å². The zero-order valence-corrected chi connectivity index (χ0v) is 10.5. The molecule has 2 rings (SSSR count). The number of benzene rings is 2. The first-order valence-corrected chi connectivity index (χ1v) is 5.74. The molecule has 0 radical (unpaired) electrons. The molecule has 2 aromatic rings. The Morgan fingerprint density at radius 3 is 2.56 bits per heavy atom. The van der Waals surface area contributed by atoms with E-state index in [1.165, 1.54) is 5.56 Å². The second-order valence-corrected chi connectivity index (χ2v) is 4.36. The van der Waals surface area contributed by atoms with E-state index in [1.54, 1.807) is 12.1 Å². The second kappa shape index (κ2) is 4.80. The molecule has 3 nitrogen and oxygen atoms in total. The maximum atomic E-state index is 9.10. The van der Waals surface area contributed by atoms with E-state index in [0.717, 1.165) is 16.9 Å². The molecule has 0 aliphatic carbocycles. The van der Waals surface area contributed by atoms with E-state index in [4.69, 9.17) is 11.0 Å². The molecule has 3 N–H and O–H groups in total. The number of nitrogens with two attached hydrogens (primary N) is 1. The average Bonchev–Trinajstić information content (AvgIpc) is 2.36. The Kier molecular flexibility index (Phi) is 3.20. The summed E-state index contributed by atoms with van der Waals surface area (Å²) in [5.41, 5.74) is 10.9. The third kappa shape index (κ3) is 2.44. The van der Waals surface area contributed by atoms with Gasteiger partial charge in [0.15, 0.2) is 0 Å². The Morgan fingerprint density at radius 1 is 1.06 bits per heavy atom. The van der Waals surface area contributed by atoms with E-state index in [9.17, 15) is 0 Å². The van der Waals surface area contributed by atoms with Crippen LogP contribution in [0.4, 0.5) is 17.1 Å². The van der Waals surface area contributed by atoms with Crippen molar-refractivity contribution in [3.8, 4) is 6.07 Å². The molecule has 0 fully saturated rings. The van der Waals surface area contributed by atoms with Gasteiger partial charge in [-0.1, -0.05) is 12.1 Å². The fourth-order valence-electron chi connectivity index (χ4n) is 1.78. The summed E-state index contributed by atoms with van der Waals surface area (Å²) in [6, 6.07) is 13.6. The smallest absolute Gasteiger partial charge is 0.101 e. The maximum Gasteiger partial charge on any atom is 0.101 e. The Balaban J connectivity index is 2.40. The lowest BCUT2D eigenvalue weighted by Gasteiger charge is -2.12. The molecule has 0 bridgehead atoms. The molecule has 18 heavy (non-hydrogen) atoms. The van der Waals surface area contributed by atoms with Crippen molar-refractivity contribution in [2.24, 2.45) is 0 Å². The standard InChI is InChI=1S/C15H15N3/c1-10-3-4-11(2)15(7-10)18-14-6-5-13(17)8-12(14)9-16/h3-8,18H,17H2,1-2H3. The molecule has 0 spiro atoms. The molecule has 0 heterocycles. The van der Waals surface area contributed by atoms with Gasteiger partial charge in [0.25, 0.3) is 0 Å². The van der Waals surface area contributed by atoms with Gasteiger partial charge in [-0.05, 0) is 49.2 Å². The van der Waals surface area contributed by atoms with Crippen molar-refractivity contribution < 1.29 is 0 Å². The highest BCUT2D eigenvalue weighted by Gasteiger charge is 2.05. The minimum Gasteiger partial charge on any atom is -0.399 e. The lowest BCUT2D eigenvalue weighted by atomic mass is 10.1.